The summed E-state index contributed by atoms with van der Waals surface area (Å²) in [5.74, 6) is 0. The summed E-state index contributed by atoms with van der Waals surface area (Å²) < 4.78 is 1.25. The number of aromatic nitrogens is 2. The fourth-order valence-corrected chi connectivity index (χ4v) is 0.880. The summed E-state index contributed by atoms with van der Waals surface area (Å²) in [7, 11) is 0. The molecule has 0 saturated heterocycles. The summed E-state index contributed by atoms with van der Waals surface area (Å²) in [5.41, 5.74) is -0.429. The van der Waals surface area contributed by atoms with E-state index < -0.39 is 17.9 Å². The minimum atomic E-state index is -0.943. The number of rotatable bonds is 3. The minimum absolute atomic E-state index is 0.0599. The molecule has 0 aliphatic rings. The molecule has 0 radical (unpaired) electrons. The zero-order valence-corrected chi connectivity index (χ0v) is 7.29. The molecular weight excluding hydrogens is 172 g/mol. The van der Waals surface area contributed by atoms with Crippen LogP contribution in [0.2, 0.25) is 0 Å². The van der Waals surface area contributed by atoms with Crippen molar-refractivity contribution in [3.8, 4) is 0 Å². The Bertz CT molecular complexity index is 321. The third kappa shape index (κ3) is 2.64. The summed E-state index contributed by atoms with van der Waals surface area (Å²) >= 11 is 0. The van der Waals surface area contributed by atoms with Crippen LogP contribution in [0, 0.1) is 0 Å². The Balaban J connectivity index is 2.75. The normalized spacial score (nSPS) is 15.3. The Kier molecular flexibility index (Phi) is 3.16. The molecule has 1 rings (SSSR count). The van der Waals surface area contributed by atoms with Crippen molar-refractivity contribution in [3.63, 3.8) is 0 Å². The zero-order valence-electron chi connectivity index (χ0n) is 7.29. The van der Waals surface area contributed by atoms with Gasteiger partial charge in [-0.15, -0.1) is 0 Å². The van der Waals surface area contributed by atoms with E-state index in [4.69, 9.17) is 5.11 Å². The second kappa shape index (κ2) is 4.15. The molecule has 0 spiro atoms. The van der Waals surface area contributed by atoms with Gasteiger partial charge in [0.2, 0.25) is 0 Å². The molecule has 0 aliphatic carbocycles. The number of nitrogens with zero attached hydrogens (tertiary/aromatic N) is 2. The van der Waals surface area contributed by atoms with Crippen molar-refractivity contribution in [1.29, 1.82) is 0 Å². The van der Waals surface area contributed by atoms with Crippen molar-refractivity contribution in [1.82, 2.24) is 9.55 Å². The minimum Gasteiger partial charge on any atom is -0.391 e. The summed E-state index contributed by atoms with van der Waals surface area (Å²) in [5, 5.41) is 18.3. The lowest BCUT2D eigenvalue weighted by Crippen LogP contribution is -2.33. The second-order valence-electron chi connectivity index (χ2n) is 2.86. The van der Waals surface area contributed by atoms with Gasteiger partial charge in [0.25, 0.3) is 0 Å². The van der Waals surface area contributed by atoms with Gasteiger partial charge in [0.05, 0.1) is 18.8 Å². The van der Waals surface area contributed by atoms with Crippen molar-refractivity contribution in [2.75, 3.05) is 0 Å². The molecule has 2 N–H and O–H groups in total. The molecule has 0 aliphatic heterocycles. The maximum Gasteiger partial charge on any atom is 0.347 e. The quantitative estimate of drug-likeness (QED) is 0.630. The fraction of sp³-hybridized carbons (Fsp3) is 0.500. The smallest absolute Gasteiger partial charge is 0.347 e. The third-order valence-corrected chi connectivity index (χ3v) is 1.72. The second-order valence-corrected chi connectivity index (χ2v) is 2.86. The van der Waals surface area contributed by atoms with Crippen LogP contribution in [0.5, 0.6) is 0 Å². The Morgan fingerprint density at radius 1 is 1.62 bits per heavy atom. The molecule has 1 heterocycles. The predicted octanol–water partition coefficient (Wildman–Crippen LogP) is -1.02. The van der Waals surface area contributed by atoms with Gasteiger partial charge in [0.1, 0.15) is 0 Å². The van der Waals surface area contributed by atoms with E-state index in [0.717, 1.165) is 0 Å². The zero-order chi connectivity index (χ0) is 9.84. The molecule has 0 fully saturated rings. The maximum atomic E-state index is 11.0. The maximum absolute atomic E-state index is 11.0. The molecule has 0 amide bonds. The van der Waals surface area contributed by atoms with Gasteiger partial charge < -0.3 is 10.2 Å². The summed E-state index contributed by atoms with van der Waals surface area (Å²) in [6.45, 7) is 1.52. The van der Waals surface area contributed by atoms with Crippen LogP contribution >= 0.6 is 0 Å². The lowest BCUT2D eigenvalue weighted by Gasteiger charge is -2.13. The van der Waals surface area contributed by atoms with E-state index in [-0.39, 0.29) is 6.54 Å². The Morgan fingerprint density at radius 2 is 2.31 bits per heavy atom. The van der Waals surface area contributed by atoms with Crippen molar-refractivity contribution in [2.45, 2.75) is 25.7 Å². The lowest BCUT2D eigenvalue weighted by molar-refractivity contribution is 0.0199. The third-order valence-electron chi connectivity index (χ3n) is 1.72. The van der Waals surface area contributed by atoms with Gasteiger partial charge in [-0.3, -0.25) is 4.57 Å². The largest absolute Gasteiger partial charge is 0.391 e. The topological polar surface area (TPSA) is 75.3 Å². The number of aliphatic hydroxyl groups is 2. The molecule has 0 unspecified atom stereocenters. The van der Waals surface area contributed by atoms with Crippen LogP contribution in [0.4, 0.5) is 0 Å². The van der Waals surface area contributed by atoms with E-state index in [1.54, 1.807) is 6.07 Å². The highest BCUT2D eigenvalue weighted by Gasteiger charge is 2.11. The fourth-order valence-electron chi connectivity index (χ4n) is 0.880. The summed E-state index contributed by atoms with van der Waals surface area (Å²) in [6, 6.07) is 1.59. The highest BCUT2D eigenvalue weighted by molar-refractivity contribution is 4.82. The van der Waals surface area contributed by atoms with Crippen molar-refractivity contribution in [2.24, 2.45) is 0 Å². The van der Waals surface area contributed by atoms with E-state index in [9.17, 15) is 9.90 Å². The van der Waals surface area contributed by atoms with Crippen LogP contribution in [-0.4, -0.2) is 32.0 Å². The van der Waals surface area contributed by atoms with E-state index in [1.165, 1.54) is 23.9 Å². The van der Waals surface area contributed by atoms with Gasteiger partial charge in [-0.25, -0.2) is 9.78 Å². The van der Waals surface area contributed by atoms with Crippen molar-refractivity contribution < 1.29 is 10.2 Å². The van der Waals surface area contributed by atoms with Crippen LogP contribution < -0.4 is 5.69 Å². The average Bonchev–Trinajstić information content (AvgIpc) is 2.08. The first kappa shape index (κ1) is 9.88. The predicted molar refractivity (Wildman–Crippen MR) is 46.2 cm³/mol. The highest BCUT2D eigenvalue weighted by Crippen LogP contribution is 1.94. The molecule has 1 aromatic heterocycles. The lowest BCUT2D eigenvalue weighted by atomic mass is 10.2. The van der Waals surface area contributed by atoms with E-state index >= 15 is 0 Å². The average molecular weight is 184 g/mol. The molecule has 1 aromatic rings. The Morgan fingerprint density at radius 3 is 2.85 bits per heavy atom. The summed E-state index contributed by atoms with van der Waals surface area (Å²) in [4.78, 5) is 14.5. The number of hydrogen-bond acceptors (Lipinski definition) is 4. The molecule has 2 atom stereocenters. The van der Waals surface area contributed by atoms with Crippen LogP contribution in [-0.2, 0) is 6.54 Å². The summed E-state index contributed by atoms with van der Waals surface area (Å²) in [6.07, 6.45) is 1.10. The Labute approximate surface area is 75.3 Å². The van der Waals surface area contributed by atoms with Crippen LogP contribution in [0.1, 0.15) is 6.92 Å². The molecule has 0 aromatic carbocycles. The molecule has 0 saturated carbocycles. The van der Waals surface area contributed by atoms with Crippen molar-refractivity contribution >= 4 is 0 Å². The molecule has 13 heavy (non-hydrogen) atoms. The monoisotopic (exact) mass is 184 g/mol. The molecule has 5 heteroatoms. The Hall–Kier alpha value is -1.20. The van der Waals surface area contributed by atoms with Crippen LogP contribution in [0.15, 0.2) is 23.3 Å². The van der Waals surface area contributed by atoms with Gasteiger partial charge in [-0.2, -0.15) is 0 Å². The highest BCUT2D eigenvalue weighted by atomic mass is 16.3. The number of aliphatic hydroxyl groups excluding tert-OH is 2. The van der Waals surface area contributed by atoms with Crippen molar-refractivity contribution in [3.05, 3.63) is 28.9 Å². The van der Waals surface area contributed by atoms with Gasteiger partial charge in [-0.1, -0.05) is 0 Å². The standard InChI is InChI=1S/C8H12N2O3/c1-6(11)7(12)5-10-4-2-3-9-8(10)13/h2-4,6-7,11-12H,5H2,1H3/t6-,7+/m1/s1. The number of hydrogen-bond donors (Lipinski definition) is 2. The molecule has 72 valence electrons. The molecular formula is C8H12N2O3. The first-order valence-corrected chi connectivity index (χ1v) is 3.99. The van der Waals surface area contributed by atoms with Crippen LogP contribution in [0.25, 0.3) is 0 Å². The van der Waals surface area contributed by atoms with E-state index in [1.807, 2.05) is 0 Å². The van der Waals surface area contributed by atoms with Gasteiger partial charge in [-0.05, 0) is 13.0 Å². The first-order chi connectivity index (χ1) is 6.11. The van der Waals surface area contributed by atoms with Gasteiger partial charge >= 0.3 is 5.69 Å². The van der Waals surface area contributed by atoms with Gasteiger partial charge in [0, 0.05) is 12.4 Å². The van der Waals surface area contributed by atoms with Gasteiger partial charge in [0.15, 0.2) is 0 Å². The first-order valence-electron chi connectivity index (χ1n) is 3.99. The van der Waals surface area contributed by atoms with E-state index in [2.05, 4.69) is 4.98 Å². The molecule has 0 bridgehead atoms. The SMILES string of the molecule is C[C@@H](O)[C@@H](O)Cn1cccnc1=O. The van der Waals surface area contributed by atoms with Crippen LogP contribution in [0.3, 0.4) is 0 Å². The molecule has 5 nitrogen and oxygen atoms in total. The van der Waals surface area contributed by atoms with E-state index in [0.29, 0.717) is 0 Å².